The Bertz CT molecular complexity index is 687. The van der Waals surface area contributed by atoms with E-state index in [0.717, 1.165) is 35.7 Å². The van der Waals surface area contributed by atoms with Gasteiger partial charge in [-0.1, -0.05) is 13.8 Å². The molecule has 0 atom stereocenters. The lowest BCUT2D eigenvalue weighted by atomic mass is 10.1. The zero-order valence-electron chi connectivity index (χ0n) is 11.6. The lowest BCUT2D eigenvalue weighted by Crippen LogP contribution is -2.07. The van der Waals surface area contributed by atoms with Gasteiger partial charge in [0.2, 0.25) is 0 Å². The summed E-state index contributed by atoms with van der Waals surface area (Å²) in [6.45, 7) is 5.10. The van der Waals surface area contributed by atoms with Crippen molar-refractivity contribution < 1.29 is 0 Å². The third-order valence-electron chi connectivity index (χ3n) is 3.16. The number of hydrogen-bond acceptors (Lipinski definition) is 5. The van der Waals surface area contributed by atoms with Crippen LogP contribution in [0.5, 0.6) is 0 Å². The van der Waals surface area contributed by atoms with E-state index in [-0.39, 0.29) is 0 Å². The molecule has 0 fully saturated rings. The number of nitrogens with zero attached hydrogens (tertiary/aromatic N) is 4. The topological polar surface area (TPSA) is 55.1 Å². The van der Waals surface area contributed by atoms with Crippen molar-refractivity contribution in [2.45, 2.75) is 26.2 Å². The molecule has 0 saturated carbocycles. The Kier molecular flexibility index (Phi) is 3.64. The Morgan fingerprint density at radius 3 is 3.00 bits per heavy atom. The van der Waals surface area contributed by atoms with Gasteiger partial charge in [-0.2, -0.15) is 5.10 Å². The Morgan fingerprint density at radius 1 is 1.35 bits per heavy atom. The first kappa shape index (κ1) is 13.1. The fourth-order valence-corrected chi connectivity index (χ4v) is 2.62. The predicted molar refractivity (Wildman–Crippen MR) is 81.4 cm³/mol. The number of nitrogens with one attached hydrogen (secondary N) is 1. The highest BCUT2D eigenvalue weighted by molar-refractivity contribution is 7.07. The van der Waals surface area contributed by atoms with E-state index in [4.69, 9.17) is 0 Å². The molecule has 0 aliphatic rings. The molecule has 0 bridgehead atoms. The number of rotatable bonds is 5. The summed E-state index contributed by atoms with van der Waals surface area (Å²) < 4.78 is 1.88. The van der Waals surface area contributed by atoms with Gasteiger partial charge in [0.15, 0.2) is 5.82 Å². The molecule has 3 aromatic heterocycles. The monoisotopic (exact) mass is 287 g/mol. The number of thiazole rings is 1. The summed E-state index contributed by atoms with van der Waals surface area (Å²) in [5.41, 5.74) is 5.08. The summed E-state index contributed by atoms with van der Waals surface area (Å²) in [5, 5.41) is 10.0. The molecule has 6 heteroatoms. The maximum absolute atomic E-state index is 4.56. The van der Waals surface area contributed by atoms with Crippen LogP contribution in [-0.2, 0) is 6.42 Å². The highest BCUT2D eigenvalue weighted by Gasteiger charge is 2.09. The molecule has 3 rings (SSSR count). The van der Waals surface area contributed by atoms with Gasteiger partial charge in [-0.25, -0.2) is 14.5 Å². The van der Waals surface area contributed by atoms with Crippen molar-refractivity contribution in [3.05, 3.63) is 40.7 Å². The van der Waals surface area contributed by atoms with Crippen molar-refractivity contribution in [1.82, 2.24) is 19.6 Å². The molecule has 104 valence electrons. The van der Waals surface area contributed by atoms with Gasteiger partial charge < -0.3 is 5.32 Å². The predicted octanol–water partition coefficient (Wildman–Crippen LogP) is 2.96. The van der Waals surface area contributed by atoms with Crippen LogP contribution in [0.1, 0.15) is 31.2 Å². The summed E-state index contributed by atoms with van der Waals surface area (Å²) in [4.78, 5) is 8.69. The lowest BCUT2D eigenvalue weighted by Gasteiger charge is -2.05. The number of hydrogen-bond donors (Lipinski definition) is 1. The van der Waals surface area contributed by atoms with Crippen LogP contribution in [0, 0.1) is 0 Å². The largest absolute Gasteiger partial charge is 0.368 e. The van der Waals surface area contributed by atoms with Crippen LogP contribution in [0.15, 0.2) is 29.4 Å². The Labute approximate surface area is 121 Å². The standard InChI is InChI=1S/C14H17N5S/c1-10(2)12-7-13-14(16-5-6-19(13)18-12)15-4-3-11-8-20-9-17-11/h5-10H,3-4H2,1-2H3,(H,15,16). The maximum atomic E-state index is 4.56. The van der Waals surface area contributed by atoms with Gasteiger partial charge in [-0.05, 0) is 12.0 Å². The average molecular weight is 287 g/mol. The molecule has 20 heavy (non-hydrogen) atoms. The second kappa shape index (κ2) is 5.58. The first-order valence-electron chi connectivity index (χ1n) is 6.69. The fourth-order valence-electron chi connectivity index (χ4n) is 2.03. The van der Waals surface area contributed by atoms with Gasteiger partial charge in [-0.3, -0.25) is 0 Å². The first-order chi connectivity index (χ1) is 9.74. The molecule has 0 saturated heterocycles. The molecule has 0 aliphatic carbocycles. The van der Waals surface area contributed by atoms with Crippen molar-refractivity contribution in [2.24, 2.45) is 0 Å². The van der Waals surface area contributed by atoms with Crippen molar-refractivity contribution in [1.29, 1.82) is 0 Å². The normalized spacial score (nSPS) is 11.3. The second-order valence-electron chi connectivity index (χ2n) is 4.99. The molecule has 0 aliphatic heterocycles. The van der Waals surface area contributed by atoms with E-state index in [2.05, 4.69) is 45.7 Å². The van der Waals surface area contributed by atoms with Gasteiger partial charge in [-0.15, -0.1) is 11.3 Å². The minimum atomic E-state index is 0.415. The van der Waals surface area contributed by atoms with Crippen LogP contribution in [0.2, 0.25) is 0 Å². The summed E-state index contributed by atoms with van der Waals surface area (Å²) >= 11 is 1.63. The minimum Gasteiger partial charge on any atom is -0.368 e. The summed E-state index contributed by atoms with van der Waals surface area (Å²) in [6.07, 6.45) is 4.56. The molecule has 0 radical (unpaired) electrons. The van der Waals surface area contributed by atoms with Crippen LogP contribution in [0.4, 0.5) is 5.82 Å². The van der Waals surface area contributed by atoms with E-state index in [0.29, 0.717) is 5.92 Å². The average Bonchev–Trinajstić information content (AvgIpc) is 3.07. The number of anilines is 1. The van der Waals surface area contributed by atoms with Gasteiger partial charge in [0.1, 0.15) is 5.52 Å². The van der Waals surface area contributed by atoms with Crippen LogP contribution in [-0.4, -0.2) is 26.1 Å². The molecule has 5 nitrogen and oxygen atoms in total. The van der Waals surface area contributed by atoms with E-state index in [1.807, 2.05) is 16.2 Å². The lowest BCUT2D eigenvalue weighted by molar-refractivity contribution is 0.787. The smallest absolute Gasteiger partial charge is 0.152 e. The Hall–Kier alpha value is -1.95. The second-order valence-corrected chi connectivity index (χ2v) is 5.70. The highest BCUT2D eigenvalue weighted by Crippen LogP contribution is 2.19. The van der Waals surface area contributed by atoms with E-state index < -0.39 is 0 Å². The van der Waals surface area contributed by atoms with E-state index in [1.165, 1.54) is 0 Å². The molecular weight excluding hydrogens is 270 g/mol. The van der Waals surface area contributed by atoms with E-state index in [9.17, 15) is 0 Å². The maximum Gasteiger partial charge on any atom is 0.152 e. The third-order valence-corrected chi connectivity index (χ3v) is 3.79. The highest BCUT2D eigenvalue weighted by atomic mass is 32.1. The minimum absolute atomic E-state index is 0.415. The Balaban J connectivity index is 1.77. The van der Waals surface area contributed by atoms with Gasteiger partial charge >= 0.3 is 0 Å². The summed E-state index contributed by atoms with van der Waals surface area (Å²) in [5.74, 6) is 1.29. The summed E-state index contributed by atoms with van der Waals surface area (Å²) in [6, 6.07) is 2.10. The fraction of sp³-hybridized carbons (Fsp3) is 0.357. The molecule has 3 aromatic rings. The van der Waals surface area contributed by atoms with Crippen molar-refractivity contribution in [3.8, 4) is 0 Å². The van der Waals surface area contributed by atoms with Crippen molar-refractivity contribution >= 4 is 22.7 Å². The molecule has 0 unspecified atom stereocenters. The zero-order chi connectivity index (χ0) is 13.9. The Morgan fingerprint density at radius 2 is 2.25 bits per heavy atom. The third kappa shape index (κ3) is 2.65. The summed E-state index contributed by atoms with van der Waals surface area (Å²) in [7, 11) is 0. The van der Waals surface area contributed by atoms with Crippen LogP contribution in [0.25, 0.3) is 5.52 Å². The molecule has 0 amide bonds. The molecular formula is C14H17N5S. The van der Waals surface area contributed by atoms with Crippen LogP contribution >= 0.6 is 11.3 Å². The van der Waals surface area contributed by atoms with Crippen molar-refractivity contribution in [3.63, 3.8) is 0 Å². The van der Waals surface area contributed by atoms with Gasteiger partial charge in [0.05, 0.1) is 16.9 Å². The van der Waals surface area contributed by atoms with Crippen LogP contribution in [0.3, 0.4) is 0 Å². The SMILES string of the molecule is CC(C)c1cc2c(NCCc3cscn3)nccn2n1. The van der Waals surface area contributed by atoms with E-state index in [1.54, 1.807) is 17.5 Å². The number of fused-ring (bicyclic) bond motifs is 1. The molecule has 0 aromatic carbocycles. The van der Waals surface area contributed by atoms with Crippen LogP contribution < -0.4 is 5.32 Å². The van der Waals surface area contributed by atoms with E-state index >= 15 is 0 Å². The molecule has 1 N–H and O–H groups in total. The van der Waals surface area contributed by atoms with Gasteiger partial charge in [0.25, 0.3) is 0 Å². The molecule has 3 heterocycles. The zero-order valence-corrected chi connectivity index (χ0v) is 12.4. The van der Waals surface area contributed by atoms with Crippen molar-refractivity contribution in [2.75, 3.05) is 11.9 Å². The number of aromatic nitrogens is 4. The first-order valence-corrected chi connectivity index (χ1v) is 7.63. The quantitative estimate of drug-likeness (QED) is 0.784. The van der Waals surface area contributed by atoms with Gasteiger partial charge in [0, 0.05) is 30.7 Å². The molecule has 0 spiro atoms.